The molecule has 0 radical (unpaired) electrons. The minimum absolute atomic E-state index is 0.0184. The molecule has 1 aromatic carbocycles. The maximum Gasteiger partial charge on any atom is 0.267 e. The van der Waals surface area contributed by atoms with Crippen molar-refractivity contribution in [1.82, 2.24) is 10.3 Å². The third-order valence-electron chi connectivity index (χ3n) is 4.31. The Hall–Kier alpha value is -2.28. The zero-order chi connectivity index (χ0) is 17.1. The number of benzene rings is 1. The number of nitrogens with one attached hydrogen (secondary N) is 1. The highest BCUT2D eigenvalue weighted by Crippen LogP contribution is 2.16. The summed E-state index contributed by atoms with van der Waals surface area (Å²) >= 11 is 0. The number of ether oxygens (including phenoxy) is 1. The van der Waals surface area contributed by atoms with E-state index in [0.29, 0.717) is 18.7 Å². The van der Waals surface area contributed by atoms with Crippen molar-refractivity contribution in [2.75, 3.05) is 6.61 Å². The van der Waals surface area contributed by atoms with E-state index in [9.17, 15) is 14.0 Å². The first kappa shape index (κ1) is 16.6. The molecule has 1 aromatic rings. The van der Waals surface area contributed by atoms with E-state index in [0.717, 1.165) is 12.0 Å². The number of halogens is 1. The van der Waals surface area contributed by atoms with Crippen LogP contribution in [0.15, 0.2) is 29.4 Å². The van der Waals surface area contributed by atoms with Crippen LogP contribution in [0.1, 0.15) is 31.7 Å². The maximum atomic E-state index is 13.0. The van der Waals surface area contributed by atoms with Gasteiger partial charge in [-0.3, -0.25) is 9.59 Å². The molecule has 24 heavy (non-hydrogen) atoms. The van der Waals surface area contributed by atoms with Gasteiger partial charge in [0, 0.05) is 19.4 Å². The number of carbonyl (C=O) groups is 2. The van der Waals surface area contributed by atoms with Crippen molar-refractivity contribution in [3.05, 3.63) is 35.6 Å². The third kappa shape index (κ3) is 3.79. The number of hydrogen-bond donors (Lipinski definition) is 1. The van der Waals surface area contributed by atoms with Gasteiger partial charge in [-0.05, 0) is 31.0 Å². The summed E-state index contributed by atoms with van der Waals surface area (Å²) in [6.07, 6.45) is 1.32. The first-order valence-corrected chi connectivity index (χ1v) is 8.07. The van der Waals surface area contributed by atoms with E-state index in [4.69, 9.17) is 4.74 Å². The van der Waals surface area contributed by atoms with Gasteiger partial charge in [0.2, 0.25) is 5.91 Å². The predicted molar refractivity (Wildman–Crippen MR) is 85.6 cm³/mol. The Bertz CT molecular complexity index is 660. The molecule has 128 valence electrons. The zero-order valence-electron chi connectivity index (χ0n) is 13.5. The predicted octanol–water partition coefficient (Wildman–Crippen LogP) is 1.60. The van der Waals surface area contributed by atoms with Gasteiger partial charge in [0.15, 0.2) is 0 Å². The second kappa shape index (κ2) is 7.09. The lowest BCUT2D eigenvalue weighted by Gasteiger charge is -2.24. The number of amides is 2. The molecule has 6 nitrogen and oxygen atoms in total. The van der Waals surface area contributed by atoms with Crippen LogP contribution in [-0.2, 0) is 20.9 Å². The van der Waals surface area contributed by atoms with Gasteiger partial charge in [0.1, 0.15) is 11.5 Å². The molecular weight excluding hydrogens is 313 g/mol. The highest BCUT2D eigenvalue weighted by Gasteiger charge is 2.29. The van der Waals surface area contributed by atoms with Crippen LogP contribution in [0.4, 0.5) is 4.39 Å². The van der Waals surface area contributed by atoms with Crippen molar-refractivity contribution in [3.63, 3.8) is 0 Å². The van der Waals surface area contributed by atoms with E-state index >= 15 is 0 Å². The van der Waals surface area contributed by atoms with E-state index in [2.05, 4.69) is 10.4 Å². The standard InChI is InChI=1S/C17H20FN3O3/c1-11-14(8-9-24-11)19-17(23)15-6-7-16(22)21(20-15)10-12-2-4-13(18)5-3-12/h2-5,11,14H,6-10H2,1H3,(H,19,23). The Kier molecular flexibility index (Phi) is 4.89. The zero-order valence-corrected chi connectivity index (χ0v) is 13.5. The lowest BCUT2D eigenvalue weighted by molar-refractivity contribution is -0.132. The van der Waals surface area contributed by atoms with Crippen LogP contribution in [0.2, 0.25) is 0 Å². The second-order valence-corrected chi connectivity index (χ2v) is 6.07. The minimum Gasteiger partial charge on any atom is -0.376 e. The highest BCUT2D eigenvalue weighted by molar-refractivity contribution is 6.39. The van der Waals surface area contributed by atoms with Gasteiger partial charge in [-0.2, -0.15) is 5.10 Å². The summed E-state index contributed by atoms with van der Waals surface area (Å²) in [6.45, 7) is 2.78. The molecular formula is C17H20FN3O3. The van der Waals surface area contributed by atoms with Crippen molar-refractivity contribution in [1.29, 1.82) is 0 Å². The number of carbonyl (C=O) groups excluding carboxylic acids is 2. The van der Waals surface area contributed by atoms with Crippen LogP contribution in [-0.4, -0.2) is 41.3 Å². The van der Waals surface area contributed by atoms with Crippen LogP contribution in [0.5, 0.6) is 0 Å². The van der Waals surface area contributed by atoms with Crippen molar-refractivity contribution in [2.24, 2.45) is 5.10 Å². The molecule has 1 fully saturated rings. The molecule has 2 atom stereocenters. The largest absolute Gasteiger partial charge is 0.376 e. The molecule has 2 aliphatic rings. The normalized spacial score (nSPS) is 24.0. The van der Waals surface area contributed by atoms with Crippen molar-refractivity contribution in [2.45, 2.75) is 44.9 Å². The van der Waals surface area contributed by atoms with Gasteiger partial charge in [-0.25, -0.2) is 9.40 Å². The average Bonchev–Trinajstić information content (AvgIpc) is 2.96. The summed E-state index contributed by atoms with van der Waals surface area (Å²) in [6, 6.07) is 5.85. The summed E-state index contributed by atoms with van der Waals surface area (Å²) in [5.74, 6) is -0.734. The average molecular weight is 333 g/mol. The Morgan fingerprint density at radius 3 is 2.79 bits per heavy atom. The van der Waals surface area contributed by atoms with E-state index in [1.165, 1.54) is 17.1 Å². The van der Waals surface area contributed by atoms with Crippen molar-refractivity contribution in [3.8, 4) is 0 Å². The monoisotopic (exact) mass is 333 g/mol. The smallest absolute Gasteiger partial charge is 0.267 e. The first-order chi connectivity index (χ1) is 11.5. The quantitative estimate of drug-likeness (QED) is 0.910. The molecule has 2 unspecified atom stereocenters. The van der Waals surface area contributed by atoms with Crippen LogP contribution >= 0.6 is 0 Å². The molecule has 0 saturated carbocycles. The minimum atomic E-state index is -0.333. The van der Waals surface area contributed by atoms with Crippen molar-refractivity contribution >= 4 is 17.5 Å². The summed E-state index contributed by atoms with van der Waals surface area (Å²) in [4.78, 5) is 24.4. The Morgan fingerprint density at radius 2 is 2.12 bits per heavy atom. The van der Waals surface area contributed by atoms with E-state index in [1.807, 2.05) is 6.92 Å². The van der Waals surface area contributed by atoms with Gasteiger partial charge < -0.3 is 10.1 Å². The molecule has 0 spiro atoms. The summed E-state index contributed by atoms with van der Waals surface area (Å²) in [5.41, 5.74) is 1.10. The summed E-state index contributed by atoms with van der Waals surface area (Å²) in [7, 11) is 0. The molecule has 2 amide bonds. The molecule has 2 heterocycles. The lowest BCUT2D eigenvalue weighted by atomic mass is 10.1. The topological polar surface area (TPSA) is 71.0 Å². The number of hydrogen-bond acceptors (Lipinski definition) is 4. The summed E-state index contributed by atoms with van der Waals surface area (Å²) < 4.78 is 18.4. The van der Waals surface area contributed by atoms with Gasteiger partial charge in [0.05, 0.1) is 18.7 Å². The fourth-order valence-electron chi connectivity index (χ4n) is 2.82. The molecule has 1 saturated heterocycles. The van der Waals surface area contributed by atoms with E-state index in [1.54, 1.807) is 12.1 Å². The molecule has 3 rings (SSSR count). The maximum absolute atomic E-state index is 13.0. The second-order valence-electron chi connectivity index (χ2n) is 6.07. The fraction of sp³-hybridized carbons (Fsp3) is 0.471. The van der Waals surface area contributed by atoms with Crippen LogP contribution in [0.25, 0.3) is 0 Å². The van der Waals surface area contributed by atoms with Crippen LogP contribution in [0.3, 0.4) is 0 Å². The van der Waals surface area contributed by atoms with Gasteiger partial charge >= 0.3 is 0 Å². The first-order valence-electron chi connectivity index (χ1n) is 8.07. The van der Waals surface area contributed by atoms with Crippen molar-refractivity contribution < 1.29 is 18.7 Å². The lowest BCUT2D eigenvalue weighted by Crippen LogP contribution is -2.45. The van der Waals surface area contributed by atoms with Gasteiger partial charge in [-0.1, -0.05) is 12.1 Å². The van der Waals surface area contributed by atoms with E-state index in [-0.39, 0.29) is 42.7 Å². The van der Waals surface area contributed by atoms with Gasteiger partial charge in [0.25, 0.3) is 5.91 Å². The number of rotatable bonds is 4. The Balaban J connectivity index is 1.68. The number of hydrazone groups is 1. The Labute approximate surface area is 139 Å². The van der Waals surface area contributed by atoms with Crippen LogP contribution < -0.4 is 5.32 Å². The molecule has 0 aromatic heterocycles. The van der Waals surface area contributed by atoms with Crippen LogP contribution in [0, 0.1) is 5.82 Å². The fourth-order valence-corrected chi connectivity index (χ4v) is 2.82. The summed E-state index contributed by atoms with van der Waals surface area (Å²) in [5, 5.41) is 8.40. The molecule has 0 aliphatic carbocycles. The molecule has 0 bridgehead atoms. The van der Waals surface area contributed by atoms with E-state index < -0.39 is 0 Å². The SMILES string of the molecule is CC1OCCC1NC(=O)C1=NN(Cc2ccc(F)cc2)C(=O)CC1. The molecule has 2 aliphatic heterocycles. The Morgan fingerprint density at radius 1 is 1.38 bits per heavy atom. The number of nitrogens with zero attached hydrogens (tertiary/aromatic N) is 2. The third-order valence-corrected chi connectivity index (χ3v) is 4.31. The molecule has 1 N–H and O–H groups in total. The van der Waals surface area contributed by atoms with Gasteiger partial charge in [-0.15, -0.1) is 0 Å². The molecule has 7 heteroatoms. The highest BCUT2D eigenvalue weighted by atomic mass is 19.1.